The highest BCUT2D eigenvalue weighted by Gasteiger charge is 2.38. The molecule has 0 spiro atoms. The van der Waals surface area contributed by atoms with Gasteiger partial charge in [0.15, 0.2) is 0 Å². The molecule has 4 heterocycles. The topological polar surface area (TPSA) is 99.6 Å². The average molecular weight is 450 g/mol. The number of piperidine rings is 1. The molecule has 3 aromatic rings. The van der Waals surface area contributed by atoms with Crippen LogP contribution in [0.5, 0.6) is 5.75 Å². The maximum absolute atomic E-state index is 13.7. The van der Waals surface area contributed by atoms with Gasteiger partial charge in [-0.15, -0.1) is 0 Å². The molecule has 1 fully saturated rings. The largest absolute Gasteiger partial charge is 0.497 e. The molecule has 1 aromatic carbocycles. The molecule has 9 heteroatoms. The summed E-state index contributed by atoms with van der Waals surface area (Å²) >= 11 is 0. The van der Waals surface area contributed by atoms with E-state index in [1.807, 2.05) is 29.3 Å². The highest BCUT2D eigenvalue weighted by Crippen LogP contribution is 2.37. The number of amides is 1. The summed E-state index contributed by atoms with van der Waals surface area (Å²) in [5.41, 5.74) is 1.43. The first kappa shape index (κ1) is 21.2. The summed E-state index contributed by atoms with van der Waals surface area (Å²) in [7, 11) is 1.61. The van der Waals surface area contributed by atoms with Crippen molar-refractivity contribution in [2.45, 2.75) is 38.8 Å². The number of likely N-dealkylation sites (tertiary alicyclic amines) is 1. The van der Waals surface area contributed by atoms with Crippen LogP contribution in [0.25, 0.3) is 10.9 Å². The fraction of sp³-hybridized carbons (Fsp3) is 0.417. The van der Waals surface area contributed by atoms with Crippen molar-refractivity contribution in [3.63, 3.8) is 0 Å². The fourth-order valence-corrected chi connectivity index (χ4v) is 5.37. The Bertz CT molecular complexity index is 1340. The molecule has 9 nitrogen and oxygen atoms in total. The number of hydrogen-bond acceptors (Lipinski definition) is 5. The molecular weight excluding hydrogens is 424 g/mol. The second-order valence-electron chi connectivity index (χ2n) is 9.25. The van der Waals surface area contributed by atoms with E-state index < -0.39 is 16.2 Å². The van der Waals surface area contributed by atoms with Crippen LogP contribution in [-0.2, 0) is 6.54 Å². The van der Waals surface area contributed by atoms with E-state index in [1.165, 1.54) is 10.6 Å². The molecule has 5 rings (SSSR count). The van der Waals surface area contributed by atoms with Gasteiger partial charge in [0, 0.05) is 60.5 Å². The monoisotopic (exact) mass is 450 g/mol. The van der Waals surface area contributed by atoms with E-state index >= 15 is 0 Å². The Morgan fingerprint density at radius 1 is 1.18 bits per heavy atom. The number of rotatable bonds is 4. The van der Waals surface area contributed by atoms with Crippen molar-refractivity contribution in [1.29, 1.82) is 0 Å². The lowest BCUT2D eigenvalue weighted by atomic mass is 9.83. The second-order valence-corrected chi connectivity index (χ2v) is 9.25. The van der Waals surface area contributed by atoms with Crippen LogP contribution in [-0.4, -0.2) is 45.1 Å². The van der Waals surface area contributed by atoms with E-state index in [4.69, 9.17) is 4.74 Å². The van der Waals surface area contributed by atoms with Crippen molar-refractivity contribution in [2.75, 3.05) is 20.2 Å². The van der Waals surface area contributed by atoms with Gasteiger partial charge in [-0.05, 0) is 50.5 Å². The van der Waals surface area contributed by atoms with Gasteiger partial charge in [0.05, 0.1) is 17.6 Å². The molecule has 0 N–H and O–H groups in total. The molecule has 2 aliphatic rings. The van der Waals surface area contributed by atoms with Gasteiger partial charge >= 0.3 is 11.2 Å². The second kappa shape index (κ2) is 7.75. The number of carbonyl (C=O) groups excluding carboxylic acids is 1. The Labute approximate surface area is 190 Å². The molecule has 33 heavy (non-hydrogen) atoms. The molecule has 1 saturated heterocycles. The summed E-state index contributed by atoms with van der Waals surface area (Å²) in [5.74, 6) is 0.708. The molecule has 2 bridgehead atoms. The third-order valence-corrected chi connectivity index (χ3v) is 6.90. The normalized spacial score (nSPS) is 19.6. The van der Waals surface area contributed by atoms with E-state index in [0.717, 1.165) is 23.0 Å². The Hall–Kier alpha value is -3.62. The van der Waals surface area contributed by atoms with E-state index in [0.29, 0.717) is 30.9 Å². The quantitative estimate of drug-likeness (QED) is 0.447. The number of fused-ring (bicyclic) bond motifs is 5. The summed E-state index contributed by atoms with van der Waals surface area (Å²) in [6.45, 7) is 5.54. The average Bonchev–Trinajstić information content (AvgIpc) is 3.18. The smallest absolute Gasteiger partial charge is 0.334 e. The Balaban J connectivity index is 1.51. The number of methoxy groups -OCH3 is 1. The van der Waals surface area contributed by atoms with Crippen LogP contribution < -0.4 is 10.3 Å². The van der Waals surface area contributed by atoms with Crippen molar-refractivity contribution in [3.05, 3.63) is 68.3 Å². The lowest BCUT2D eigenvalue weighted by molar-refractivity contribution is -0.386. The molecule has 0 unspecified atom stereocenters. The van der Waals surface area contributed by atoms with E-state index in [1.54, 1.807) is 13.2 Å². The minimum Gasteiger partial charge on any atom is -0.497 e. The molecule has 0 aliphatic carbocycles. The van der Waals surface area contributed by atoms with Crippen LogP contribution in [0.3, 0.4) is 0 Å². The molecule has 1 amide bonds. The minimum absolute atomic E-state index is 0.0251. The number of hydrogen-bond donors (Lipinski definition) is 0. The van der Waals surface area contributed by atoms with Crippen LogP contribution >= 0.6 is 0 Å². The van der Waals surface area contributed by atoms with E-state index in [2.05, 4.69) is 18.4 Å². The van der Waals surface area contributed by atoms with Crippen LogP contribution in [0, 0.1) is 16.0 Å². The Kier molecular flexibility index (Phi) is 4.99. The Morgan fingerprint density at radius 2 is 1.97 bits per heavy atom. The fourth-order valence-electron chi connectivity index (χ4n) is 5.37. The number of ether oxygens (including phenoxy) is 1. The standard InChI is InChI=1S/C24H26N4O5/c1-14(2)26-13-19(18-9-17(33-3)4-5-21(18)26)23(29)25-10-15-8-16(12-25)20-6-7-22(28(31)32)24(30)27(20)11-15/h4-7,9,13-16H,8,10-12H2,1-3H3/t15-,16+/m0/s1. The van der Waals surface area contributed by atoms with E-state index in [9.17, 15) is 19.7 Å². The third kappa shape index (κ3) is 3.39. The highest BCUT2D eigenvalue weighted by atomic mass is 16.6. The van der Waals surface area contributed by atoms with Gasteiger partial charge in [0.1, 0.15) is 5.75 Å². The van der Waals surface area contributed by atoms with Crippen molar-refractivity contribution >= 4 is 22.5 Å². The lowest BCUT2D eigenvalue weighted by Crippen LogP contribution is -2.49. The van der Waals surface area contributed by atoms with Gasteiger partial charge in [0.25, 0.3) is 5.91 Å². The SMILES string of the molecule is COc1ccc2c(c1)c(C(=O)N1C[C@@H]3C[C@H](C1)c1ccc([N+](=O)[O-])c(=O)n1C3)cn2C(C)C. The van der Waals surface area contributed by atoms with Crippen LogP contribution in [0.4, 0.5) is 5.69 Å². The molecule has 2 atom stereocenters. The first-order chi connectivity index (χ1) is 15.8. The van der Waals surface area contributed by atoms with Gasteiger partial charge < -0.3 is 18.8 Å². The van der Waals surface area contributed by atoms with Crippen LogP contribution in [0.15, 0.2) is 41.3 Å². The number of aromatic nitrogens is 2. The summed E-state index contributed by atoms with van der Waals surface area (Å²) in [6.07, 6.45) is 2.78. The molecule has 172 valence electrons. The van der Waals surface area contributed by atoms with Gasteiger partial charge in [-0.1, -0.05) is 0 Å². The number of benzene rings is 1. The van der Waals surface area contributed by atoms with E-state index in [-0.39, 0.29) is 23.8 Å². The first-order valence-electron chi connectivity index (χ1n) is 11.1. The number of pyridine rings is 1. The summed E-state index contributed by atoms with van der Waals surface area (Å²) in [4.78, 5) is 38.8. The third-order valence-electron chi connectivity index (χ3n) is 6.90. The number of carbonyl (C=O) groups is 1. The zero-order valence-electron chi connectivity index (χ0n) is 18.9. The van der Waals surface area contributed by atoms with Crippen molar-refractivity contribution in [3.8, 4) is 5.75 Å². The lowest BCUT2D eigenvalue weighted by Gasteiger charge is -2.42. The maximum atomic E-state index is 13.7. The zero-order valence-corrected chi connectivity index (χ0v) is 18.9. The first-order valence-corrected chi connectivity index (χ1v) is 11.1. The number of nitro groups is 1. The molecule has 2 aromatic heterocycles. The van der Waals surface area contributed by atoms with Gasteiger partial charge in [-0.3, -0.25) is 19.7 Å². The van der Waals surface area contributed by atoms with Crippen molar-refractivity contribution in [1.82, 2.24) is 14.0 Å². The summed E-state index contributed by atoms with van der Waals surface area (Å²) in [5, 5.41) is 12.0. The summed E-state index contributed by atoms with van der Waals surface area (Å²) < 4.78 is 9.03. The minimum atomic E-state index is -0.630. The highest BCUT2D eigenvalue weighted by molar-refractivity contribution is 6.07. The molecule has 2 aliphatic heterocycles. The van der Waals surface area contributed by atoms with Crippen LogP contribution in [0.1, 0.15) is 48.3 Å². The summed E-state index contributed by atoms with van der Waals surface area (Å²) in [6, 6.07) is 8.93. The molecule has 0 radical (unpaired) electrons. The predicted molar refractivity (Wildman–Crippen MR) is 123 cm³/mol. The van der Waals surface area contributed by atoms with Gasteiger partial charge in [-0.2, -0.15) is 0 Å². The van der Waals surface area contributed by atoms with Gasteiger partial charge in [-0.25, -0.2) is 0 Å². The van der Waals surface area contributed by atoms with Gasteiger partial charge in [0.2, 0.25) is 0 Å². The zero-order chi connectivity index (χ0) is 23.4. The van der Waals surface area contributed by atoms with Crippen LogP contribution in [0.2, 0.25) is 0 Å². The molecule has 0 saturated carbocycles. The maximum Gasteiger partial charge on any atom is 0.334 e. The predicted octanol–water partition coefficient (Wildman–Crippen LogP) is 3.56. The Morgan fingerprint density at radius 3 is 2.67 bits per heavy atom. The molecular formula is C24H26N4O5. The number of nitrogens with zero attached hydrogens (tertiary/aromatic N) is 4. The van der Waals surface area contributed by atoms with Crippen molar-refractivity contribution in [2.24, 2.45) is 5.92 Å². The van der Waals surface area contributed by atoms with Crippen molar-refractivity contribution < 1.29 is 14.5 Å².